The van der Waals surface area contributed by atoms with Crippen LogP contribution in [-0.2, 0) is 0 Å². The highest BCUT2D eigenvalue weighted by Gasteiger charge is 2.40. The van der Waals surface area contributed by atoms with Crippen LogP contribution in [0.5, 0.6) is 0 Å². The van der Waals surface area contributed by atoms with Crippen LogP contribution < -0.4 is 10.2 Å². The van der Waals surface area contributed by atoms with Gasteiger partial charge in [0, 0.05) is 23.8 Å². The number of hydrogen-bond acceptors (Lipinski definition) is 3. The molecule has 18 heavy (non-hydrogen) atoms. The molecule has 1 aromatic heterocycles. The van der Waals surface area contributed by atoms with E-state index >= 15 is 0 Å². The van der Waals surface area contributed by atoms with Crippen molar-refractivity contribution in [2.75, 3.05) is 11.9 Å². The van der Waals surface area contributed by atoms with Gasteiger partial charge in [-0.3, -0.25) is 4.98 Å². The molecule has 0 spiro atoms. The minimum Gasteiger partial charge on any atom is -0.364 e. The Morgan fingerprint density at radius 2 is 1.83 bits per heavy atom. The molecule has 0 aliphatic carbocycles. The Kier molecular flexibility index (Phi) is 3.02. The van der Waals surface area contributed by atoms with E-state index in [1.165, 1.54) is 37.1 Å². The van der Waals surface area contributed by atoms with Gasteiger partial charge in [-0.25, -0.2) is 0 Å². The van der Waals surface area contributed by atoms with Crippen molar-refractivity contribution in [1.82, 2.24) is 10.3 Å². The minimum absolute atomic E-state index is 0.706. The number of piperidine rings is 1. The van der Waals surface area contributed by atoms with Crippen molar-refractivity contribution < 1.29 is 0 Å². The van der Waals surface area contributed by atoms with Gasteiger partial charge in [0.25, 0.3) is 0 Å². The minimum atomic E-state index is 0.706. The molecule has 3 heterocycles. The van der Waals surface area contributed by atoms with Crippen LogP contribution in [0.25, 0.3) is 0 Å². The zero-order valence-corrected chi connectivity index (χ0v) is 11.6. The van der Waals surface area contributed by atoms with Crippen molar-refractivity contribution in [2.24, 2.45) is 0 Å². The summed E-state index contributed by atoms with van der Waals surface area (Å²) in [6, 6.07) is 6.54. The molecule has 2 atom stereocenters. The van der Waals surface area contributed by atoms with Crippen LogP contribution in [0.15, 0.2) is 12.1 Å². The Bertz CT molecular complexity index is 429. The van der Waals surface area contributed by atoms with E-state index in [2.05, 4.69) is 48.2 Å². The molecular weight excluding hydrogens is 222 g/mol. The van der Waals surface area contributed by atoms with Crippen LogP contribution in [-0.4, -0.2) is 30.2 Å². The van der Waals surface area contributed by atoms with Gasteiger partial charge in [-0.15, -0.1) is 0 Å². The van der Waals surface area contributed by atoms with Crippen molar-refractivity contribution in [3.05, 3.63) is 23.5 Å². The molecule has 98 valence electrons. The lowest BCUT2D eigenvalue weighted by Crippen LogP contribution is -2.48. The number of nitrogens with one attached hydrogen (secondary N) is 1. The molecule has 0 saturated carbocycles. The lowest BCUT2D eigenvalue weighted by atomic mass is 9.96. The SMILES string of the molecule is CNC1CC2CCC(C1)N2c1ccc(C)nc1C. The summed E-state index contributed by atoms with van der Waals surface area (Å²) in [6.07, 6.45) is 5.24. The van der Waals surface area contributed by atoms with Crippen LogP contribution in [0, 0.1) is 13.8 Å². The molecule has 3 nitrogen and oxygen atoms in total. The van der Waals surface area contributed by atoms with E-state index in [4.69, 9.17) is 0 Å². The van der Waals surface area contributed by atoms with Gasteiger partial charge in [-0.2, -0.15) is 0 Å². The quantitative estimate of drug-likeness (QED) is 0.867. The first-order valence-corrected chi connectivity index (χ1v) is 7.09. The average molecular weight is 245 g/mol. The summed E-state index contributed by atoms with van der Waals surface area (Å²) in [4.78, 5) is 7.28. The molecule has 2 unspecified atom stereocenters. The molecule has 1 N–H and O–H groups in total. The van der Waals surface area contributed by atoms with Crippen molar-refractivity contribution >= 4 is 5.69 Å². The van der Waals surface area contributed by atoms with E-state index < -0.39 is 0 Å². The summed E-state index contributed by atoms with van der Waals surface area (Å²) in [5.74, 6) is 0. The summed E-state index contributed by atoms with van der Waals surface area (Å²) >= 11 is 0. The van der Waals surface area contributed by atoms with Gasteiger partial charge in [-0.05, 0) is 58.7 Å². The van der Waals surface area contributed by atoms with Gasteiger partial charge in [0.05, 0.1) is 11.4 Å². The summed E-state index contributed by atoms with van der Waals surface area (Å²) in [6.45, 7) is 4.21. The van der Waals surface area contributed by atoms with Gasteiger partial charge in [0.1, 0.15) is 0 Å². The molecule has 2 aliphatic heterocycles. The van der Waals surface area contributed by atoms with Crippen molar-refractivity contribution in [3.8, 4) is 0 Å². The Labute approximate surface area is 110 Å². The smallest absolute Gasteiger partial charge is 0.0609 e. The lowest BCUT2D eigenvalue weighted by molar-refractivity contribution is 0.373. The third kappa shape index (κ3) is 1.91. The lowest BCUT2D eigenvalue weighted by Gasteiger charge is -2.41. The predicted molar refractivity (Wildman–Crippen MR) is 75.1 cm³/mol. The highest BCUT2D eigenvalue weighted by Crippen LogP contribution is 2.40. The molecule has 2 fully saturated rings. The van der Waals surface area contributed by atoms with Gasteiger partial charge in [0.15, 0.2) is 0 Å². The molecule has 2 saturated heterocycles. The van der Waals surface area contributed by atoms with Gasteiger partial charge in [-0.1, -0.05) is 0 Å². The fraction of sp³-hybridized carbons (Fsp3) is 0.667. The summed E-state index contributed by atoms with van der Waals surface area (Å²) in [5, 5.41) is 3.46. The van der Waals surface area contributed by atoms with Crippen LogP contribution in [0.1, 0.15) is 37.1 Å². The normalized spacial score (nSPS) is 30.8. The standard InChI is InChI=1S/C15H23N3/c1-10-4-7-15(11(2)17-10)18-13-5-6-14(18)9-12(8-13)16-3/h4,7,12-14,16H,5-6,8-9H2,1-3H3. The topological polar surface area (TPSA) is 28.2 Å². The number of aromatic nitrogens is 1. The number of fused-ring (bicyclic) bond motifs is 2. The number of pyridine rings is 1. The highest BCUT2D eigenvalue weighted by atomic mass is 15.2. The largest absolute Gasteiger partial charge is 0.364 e. The van der Waals surface area contributed by atoms with Crippen LogP contribution in [0.3, 0.4) is 0 Å². The summed E-state index contributed by atoms with van der Waals surface area (Å²) in [5.41, 5.74) is 3.67. The van der Waals surface area contributed by atoms with E-state index in [0.717, 1.165) is 5.69 Å². The fourth-order valence-electron chi connectivity index (χ4n) is 3.76. The first-order valence-electron chi connectivity index (χ1n) is 7.09. The molecule has 3 heteroatoms. The van der Waals surface area contributed by atoms with E-state index in [-0.39, 0.29) is 0 Å². The van der Waals surface area contributed by atoms with Crippen LogP contribution in [0.2, 0.25) is 0 Å². The Balaban J connectivity index is 1.89. The molecule has 0 aromatic carbocycles. The summed E-state index contributed by atoms with van der Waals surface area (Å²) in [7, 11) is 2.10. The number of anilines is 1. The molecule has 0 radical (unpaired) electrons. The predicted octanol–water partition coefficient (Wildman–Crippen LogP) is 2.42. The van der Waals surface area contributed by atoms with Crippen molar-refractivity contribution in [1.29, 1.82) is 0 Å². The van der Waals surface area contributed by atoms with Gasteiger partial charge in [0.2, 0.25) is 0 Å². The zero-order valence-electron chi connectivity index (χ0n) is 11.6. The van der Waals surface area contributed by atoms with E-state index in [1.807, 2.05) is 0 Å². The molecule has 2 aliphatic rings. The first kappa shape index (κ1) is 12.0. The van der Waals surface area contributed by atoms with Crippen molar-refractivity contribution in [2.45, 2.75) is 57.7 Å². The van der Waals surface area contributed by atoms with Crippen molar-refractivity contribution in [3.63, 3.8) is 0 Å². The molecular formula is C15H23N3. The molecule has 1 aromatic rings. The fourth-order valence-corrected chi connectivity index (χ4v) is 3.76. The van der Waals surface area contributed by atoms with Gasteiger partial charge < -0.3 is 10.2 Å². The number of aryl methyl sites for hydroxylation is 2. The highest BCUT2D eigenvalue weighted by molar-refractivity contribution is 5.54. The average Bonchev–Trinajstić information content (AvgIpc) is 2.60. The molecule has 3 rings (SSSR count). The first-order chi connectivity index (χ1) is 8.69. The second-order valence-corrected chi connectivity index (χ2v) is 5.81. The summed E-state index contributed by atoms with van der Waals surface area (Å²) < 4.78 is 0. The maximum absolute atomic E-state index is 4.63. The van der Waals surface area contributed by atoms with E-state index in [9.17, 15) is 0 Å². The maximum atomic E-state index is 4.63. The second-order valence-electron chi connectivity index (χ2n) is 5.81. The number of hydrogen-bond donors (Lipinski definition) is 1. The third-order valence-corrected chi connectivity index (χ3v) is 4.62. The monoisotopic (exact) mass is 245 g/mol. The number of nitrogens with zero attached hydrogens (tertiary/aromatic N) is 2. The van der Waals surface area contributed by atoms with E-state index in [0.29, 0.717) is 18.1 Å². The number of rotatable bonds is 2. The second kappa shape index (κ2) is 4.54. The Hall–Kier alpha value is -1.09. The zero-order chi connectivity index (χ0) is 12.7. The Morgan fingerprint density at radius 3 is 2.39 bits per heavy atom. The van der Waals surface area contributed by atoms with E-state index in [1.54, 1.807) is 0 Å². The third-order valence-electron chi connectivity index (χ3n) is 4.62. The van der Waals surface area contributed by atoms with Crippen LogP contribution in [0.4, 0.5) is 5.69 Å². The maximum Gasteiger partial charge on any atom is 0.0609 e. The van der Waals surface area contributed by atoms with Gasteiger partial charge >= 0.3 is 0 Å². The Morgan fingerprint density at radius 1 is 1.17 bits per heavy atom. The van der Waals surface area contributed by atoms with Crippen LogP contribution >= 0.6 is 0 Å². The molecule has 0 amide bonds. The molecule has 2 bridgehead atoms.